The first-order valence-electron chi connectivity index (χ1n) is 20.0. The van der Waals surface area contributed by atoms with Crippen LogP contribution in [-0.2, 0) is 32.9 Å². The molecule has 0 aliphatic carbocycles. The van der Waals surface area contributed by atoms with Gasteiger partial charge in [-0.05, 0) is 83.5 Å². The topological polar surface area (TPSA) is 132 Å². The van der Waals surface area contributed by atoms with Gasteiger partial charge in [0, 0.05) is 12.8 Å². The summed E-state index contributed by atoms with van der Waals surface area (Å²) in [6.45, 7) is 3.44. The lowest BCUT2D eigenvalue weighted by Gasteiger charge is -2.18. The van der Waals surface area contributed by atoms with Crippen LogP contribution in [0.3, 0.4) is 0 Å². The molecule has 0 radical (unpaired) electrons. The average Bonchev–Trinajstić information content (AvgIpc) is 3.88. The Balaban J connectivity index is 2.15. The van der Waals surface area contributed by atoms with E-state index in [4.69, 9.17) is 24.0 Å². The first-order chi connectivity index (χ1) is 25.7. The first-order valence-corrected chi connectivity index (χ1v) is 21.5. The van der Waals surface area contributed by atoms with Gasteiger partial charge in [0.25, 0.3) is 0 Å². The van der Waals surface area contributed by atoms with Gasteiger partial charge in [0.05, 0.1) is 18.8 Å². The van der Waals surface area contributed by atoms with Crippen LogP contribution in [0.1, 0.15) is 142 Å². The molecule has 1 aliphatic rings. The Morgan fingerprint density at radius 3 is 1.70 bits per heavy atom. The maximum atomic E-state index is 12.4. The van der Waals surface area contributed by atoms with E-state index in [0.29, 0.717) is 25.0 Å². The number of carbonyl (C=O) groups is 2. The predicted octanol–water partition coefficient (Wildman–Crippen LogP) is 11.1. The molecule has 0 amide bonds. The van der Waals surface area contributed by atoms with Gasteiger partial charge in [0.1, 0.15) is 6.61 Å². The molecule has 1 aliphatic heterocycles. The number of unbranched alkanes of at least 4 members (excludes halogenated alkanes) is 8. The van der Waals surface area contributed by atoms with E-state index < -0.39 is 32.5 Å². The number of esters is 2. The lowest BCUT2D eigenvalue weighted by Crippen LogP contribution is -2.29. The van der Waals surface area contributed by atoms with Crippen molar-refractivity contribution in [3.05, 3.63) is 85.1 Å². The number of allylic oxidation sites excluding steroid dienone is 12. The van der Waals surface area contributed by atoms with Crippen molar-refractivity contribution in [1.82, 2.24) is 0 Å². The number of carbonyl (C=O) groups excluding carboxylic acids is 2. The third-order valence-electron chi connectivity index (χ3n) is 8.31. The Morgan fingerprint density at radius 1 is 0.604 bits per heavy atom. The predicted molar refractivity (Wildman–Crippen MR) is 215 cm³/mol. The van der Waals surface area contributed by atoms with Gasteiger partial charge >= 0.3 is 19.8 Å². The van der Waals surface area contributed by atoms with E-state index in [0.717, 1.165) is 77.0 Å². The van der Waals surface area contributed by atoms with Crippen LogP contribution in [0, 0.1) is 0 Å². The van der Waals surface area contributed by atoms with Crippen LogP contribution < -0.4 is 0 Å². The second-order valence-electron chi connectivity index (χ2n) is 13.3. The van der Waals surface area contributed by atoms with Gasteiger partial charge in [-0.1, -0.05) is 131 Å². The van der Waals surface area contributed by atoms with Gasteiger partial charge in [-0.3, -0.25) is 14.1 Å². The van der Waals surface area contributed by atoms with Crippen molar-refractivity contribution in [1.29, 1.82) is 0 Å². The van der Waals surface area contributed by atoms with Crippen LogP contribution in [0.25, 0.3) is 0 Å². The number of ether oxygens (including phenoxy) is 3. The van der Waals surface area contributed by atoms with Gasteiger partial charge in [0.15, 0.2) is 6.10 Å². The largest absolute Gasteiger partial charge is 0.469 e. The monoisotopic (exact) mass is 760 g/mol. The number of phosphoric ester groups is 1. The molecule has 0 aromatic heterocycles. The molecule has 1 saturated heterocycles. The molecule has 10 heteroatoms. The molecule has 1 rings (SSSR count). The quantitative estimate of drug-likeness (QED) is 0.0216. The molecule has 0 bridgehead atoms. The maximum Gasteiger partial charge on any atom is 0.469 e. The van der Waals surface area contributed by atoms with Crippen molar-refractivity contribution >= 4 is 19.8 Å². The molecule has 2 unspecified atom stereocenters. The minimum Gasteiger partial charge on any atom is -0.462 e. The number of hydrogen-bond donors (Lipinski definition) is 2. The van der Waals surface area contributed by atoms with E-state index in [2.05, 4.69) is 91.3 Å². The second kappa shape index (κ2) is 33.7. The van der Waals surface area contributed by atoms with E-state index in [9.17, 15) is 14.2 Å². The van der Waals surface area contributed by atoms with Crippen molar-refractivity contribution in [2.45, 2.75) is 161 Å². The summed E-state index contributed by atoms with van der Waals surface area (Å²) in [6.07, 6.45) is 47.8. The lowest BCUT2D eigenvalue weighted by atomic mass is 10.1. The van der Waals surface area contributed by atoms with Crippen LogP contribution >= 0.6 is 7.82 Å². The van der Waals surface area contributed by atoms with Crippen LogP contribution in [0.2, 0.25) is 0 Å². The SMILES string of the molecule is CC/C=C\CC1OC1C/C=C\C/C=C\C/C=C\C/C=C\CCC(=O)O[C@H](COC(=O)CCCCCCC/C=C\C/C=C\CCCCC)COP(=O)(O)O. The van der Waals surface area contributed by atoms with Gasteiger partial charge in [-0.15, -0.1) is 0 Å². The molecular formula is C43H69O9P. The van der Waals surface area contributed by atoms with Crippen LogP contribution in [0.5, 0.6) is 0 Å². The van der Waals surface area contributed by atoms with Crippen molar-refractivity contribution in [3.63, 3.8) is 0 Å². The molecule has 0 aromatic rings. The van der Waals surface area contributed by atoms with E-state index >= 15 is 0 Å². The normalized spacial score (nSPS) is 17.2. The highest BCUT2D eigenvalue weighted by atomic mass is 31.2. The first kappa shape index (κ1) is 48.2. The van der Waals surface area contributed by atoms with Crippen molar-refractivity contribution in [2.24, 2.45) is 0 Å². The lowest BCUT2D eigenvalue weighted by molar-refractivity contribution is -0.161. The number of epoxide rings is 1. The number of hydrogen-bond acceptors (Lipinski definition) is 7. The fourth-order valence-corrected chi connectivity index (χ4v) is 5.59. The minimum absolute atomic E-state index is 0.0756. The zero-order chi connectivity index (χ0) is 38.7. The molecular weight excluding hydrogens is 691 g/mol. The maximum absolute atomic E-state index is 12.4. The molecule has 0 spiro atoms. The van der Waals surface area contributed by atoms with Crippen molar-refractivity contribution < 1.29 is 42.7 Å². The second-order valence-corrected chi connectivity index (χ2v) is 14.5. The molecule has 0 aromatic carbocycles. The Hall–Kier alpha value is -2.81. The smallest absolute Gasteiger partial charge is 0.462 e. The van der Waals surface area contributed by atoms with Gasteiger partial charge in [-0.25, -0.2) is 4.57 Å². The summed E-state index contributed by atoms with van der Waals surface area (Å²) in [6, 6.07) is 0. The molecule has 2 N–H and O–H groups in total. The van der Waals surface area contributed by atoms with E-state index in [1.54, 1.807) is 0 Å². The summed E-state index contributed by atoms with van der Waals surface area (Å²) in [5, 5.41) is 0. The Morgan fingerprint density at radius 2 is 1.11 bits per heavy atom. The third kappa shape index (κ3) is 33.5. The van der Waals surface area contributed by atoms with Gasteiger partial charge in [-0.2, -0.15) is 0 Å². The van der Waals surface area contributed by atoms with Crippen LogP contribution in [0.4, 0.5) is 0 Å². The molecule has 300 valence electrons. The van der Waals surface area contributed by atoms with E-state index in [1.165, 1.54) is 25.7 Å². The summed E-state index contributed by atoms with van der Waals surface area (Å²) in [4.78, 5) is 42.8. The zero-order valence-electron chi connectivity index (χ0n) is 32.6. The molecule has 1 fully saturated rings. The zero-order valence-corrected chi connectivity index (χ0v) is 33.5. The van der Waals surface area contributed by atoms with Gasteiger partial charge in [0.2, 0.25) is 0 Å². The average molecular weight is 761 g/mol. The van der Waals surface area contributed by atoms with Crippen LogP contribution in [0.15, 0.2) is 85.1 Å². The number of phosphoric acid groups is 1. The van der Waals surface area contributed by atoms with E-state index in [1.807, 2.05) is 12.2 Å². The summed E-state index contributed by atoms with van der Waals surface area (Å²) >= 11 is 0. The molecule has 9 nitrogen and oxygen atoms in total. The molecule has 53 heavy (non-hydrogen) atoms. The molecule has 0 saturated carbocycles. The van der Waals surface area contributed by atoms with Crippen molar-refractivity contribution in [3.8, 4) is 0 Å². The standard InChI is InChI=1S/C43H69O9P/c1-3-5-7-8-9-10-11-12-13-14-18-21-24-27-31-35-42(44)49-37-39(38-50-53(46,47)48)51-43(45)36-32-28-25-22-19-16-15-17-20-23-26-30-34-41-40(52-41)33-29-6-4-2/h6,9-10,12-13,16-17,19-20,25-26,28-30,39-41H,3-5,7-8,11,14-15,18,21-24,27,31-38H2,1-2H3,(H2,46,47,48)/b10-9-,13-12-,19-16-,20-17-,28-25-,29-6-,30-26-/t39-,40?,41?/m1/s1. The van der Waals surface area contributed by atoms with E-state index in [-0.39, 0.29) is 19.4 Å². The highest BCUT2D eigenvalue weighted by Crippen LogP contribution is 2.36. The summed E-state index contributed by atoms with van der Waals surface area (Å²) < 4.78 is 31.9. The Kier molecular flexibility index (Phi) is 30.7. The summed E-state index contributed by atoms with van der Waals surface area (Å²) in [5.41, 5.74) is 0. The summed E-state index contributed by atoms with van der Waals surface area (Å²) in [5.74, 6) is -1.01. The summed E-state index contributed by atoms with van der Waals surface area (Å²) in [7, 11) is -4.78. The highest BCUT2D eigenvalue weighted by molar-refractivity contribution is 7.46. The molecule has 1 heterocycles. The fraction of sp³-hybridized carbons (Fsp3) is 0.628. The van der Waals surface area contributed by atoms with Gasteiger partial charge < -0.3 is 24.0 Å². The Labute approximate surface area is 320 Å². The fourth-order valence-electron chi connectivity index (χ4n) is 5.23. The van der Waals surface area contributed by atoms with Crippen LogP contribution in [-0.4, -0.2) is 53.3 Å². The number of rotatable bonds is 34. The third-order valence-corrected chi connectivity index (χ3v) is 8.80. The Bertz CT molecular complexity index is 1190. The van der Waals surface area contributed by atoms with Crippen molar-refractivity contribution in [2.75, 3.05) is 13.2 Å². The molecule has 3 atom stereocenters. The minimum atomic E-state index is -4.78. The highest BCUT2D eigenvalue weighted by Gasteiger charge is 2.35.